The number of benzene rings is 3. The molecule has 4 aromatic rings. The lowest BCUT2D eigenvalue weighted by Crippen LogP contribution is -2.51. The average Bonchev–Trinajstić information content (AvgIpc) is 2.94. The summed E-state index contributed by atoms with van der Waals surface area (Å²) >= 11 is 0. The Bertz CT molecular complexity index is 1600. The first-order chi connectivity index (χ1) is 18.7. The molecule has 3 aromatic carbocycles. The van der Waals surface area contributed by atoms with Gasteiger partial charge in [-0.15, -0.1) is 5.10 Å². The van der Waals surface area contributed by atoms with Crippen LogP contribution in [0.4, 0.5) is 23.7 Å². The summed E-state index contributed by atoms with van der Waals surface area (Å²) in [5, 5.41) is 9.81. The summed E-state index contributed by atoms with van der Waals surface area (Å²) in [5.74, 6) is 0.275. The molecule has 9 nitrogen and oxygen atoms in total. The van der Waals surface area contributed by atoms with Crippen molar-refractivity contribution in [3.05, 3.63) is 94.3 Å². The van der Waals surface area contributed by atoms with Crippen molar-refractivity contribution < 1.29 is 27.5 Å². The third-order valence-corrected chi connectivity index (χ3v) is 6.25. The fourth-order valence-corrected chi connectivity index (χ4v) is 4.24. The highest BCUT2D eigenvalue weighted by molar-refractivity contribution is 5.95. The van der Waals surface area contributed by atoms with E-state index in [0.29, 0.717) is 22.1 Å². The molecule has 200 valence electrons. The number of rotatable bonds is 4. The van der Waals surface area contributed by atoms with E-state index in [1.165, 1.54) is 17.0 Å². The van der Waals surface area contributed by atoms with Gasteiger partial charge in [0.05, 0.1) is 16.3 Å². The van der Waals surface area contributed by atoms with Crippen LogP contribution in [-0.2, 0) is 6.18 Å². The summed E-state index contributed by atoms with van der Waals surface area (Å²) in [5.41, 5.74) is -0.797. The number of carbonyl (C=O) groups excluding carboxylic acids is 2. The van der Waals surface area contributed by atoms with Crippen molar-refractivity contribution in [3.63, 3.8) is 0 Å². The lowest BCUT2D eigenvalue weighted by atomic mass is 10.1. The van der Waals surface area contributed by atoms with Gasteiger partial charge in [0.2, 0.25) is 5.88 Å². The number of alkyl halides is 3. The van der Waals surface area contributed by atoms with Gasteiger partial charge >= 0.3 is 12.2 Å². The van der Waals surface area contributed by atoms with Crippen molar-refractivity contribution in [2.45, 2.75) is 6.18 Å². The number of carbonyl (C=O) groups is 2. The van der Waals surface area contributed by atoms with E-state index in [1.807, 2.05) is 0 Å². The number of aromatic nitrogens is 2. The second kappa shape index (κ2) is 10.5. The van der Waals surface area contributed by atoms with Gasteiger partial charge in [-0.2, -0.15) is 13.2 Å². The number of anilines is 1. The minimum Gasteiger partial charge on any atom is -0.437 e. The van der Waals surface area contributed by atoms with Gasteiger partial charge in [-0.3, -0.25) is 9.59 Å². The number of H-pyrrole nitrogens is 1. The van der Waals surface area contributed by atoms with Crippen molar-refractivity contribution in [2.75, 3.05) is 31.5 Å². The van der Waals surface area contributed by atoms with E-state index in [0.717, 1.165) is 12.1 Å². The number of aromatic amines is 1. The number of fused-ring (bicyclic) bond motifs is 1. The van der Waals surface area contributed by atoms with Crippen molar-refractivity contribution in [1.82, 2.24) is 20.0 Å². The minimum atomic E-state index is -4.51. The lowest BCUT2D eigenvalue weighted by Gasteiger charge is -2.34. The molecule has 0 radical (unpaired) electrons. The molecule has 3 amide bonds. The predicted molar refractivity (Wildman–Crippen MR) is 137 cm³/mol. The molecule has 0 bridgehead atoms. The molecule has 1 aliphatic rings. The van der Waals surface area contributed by atoms with E-state index < -0.39 is 17.8 Å². The largest absolute Gasteiger partial charge is 0.437 e. The number of urea groups is 1. The normalized spacial score (nSPS) is 13.8. The van der Waals surface area contributed by atoms with E-state index in [9.17, 15) is 27.6 Å². The number of hydrogen-bond acceptors (Lipinski definition) is 5. The number of amides is 3. The first kappa shape index (κ1) is 25.8. The van der Waals surface area contributed by atoms with Crippen LogP contribution < -0.4 is 15.6 Å². The molecule has 0 aliphatic carbocycles. The fraction of sp³-hybridized carbons (Fsp3) is 0.185. The van der Waals surface area contributed by atoms with E-state index in [4.69, 9.17) is 4.74 Å². The second-order valence-electron chi connectivity index (χ2n) is 8.82. The molecule has 1 saturated heterocycles. The first-order valence-corrected chi connectivity index (χ1v) is 12.0. The number of nitrogens with zero attached hydrogens (tertiary/aromatic N) is 3. The first-order valence-electron chi connectivity index (χ1n) is 12.0. The molecular weight excluding hydrogens is 515 g/mol. The highest BCUT2D eigenvalue weighted by Crippen LogP contribution is 2.31. The minimum absolute atomic E-state index is 0.0369. The number of halogens is 3. The van der Waals surface area contributed by atoms with Crippen LogP contribution in [0.25, 0.3) is 10.8 Å². The Morgan fingerprint density at radius 1 is 0.872 bits per heavy atom. The number of ether oxygens (including phenoxy) is 1. The molecule has 1 fully saturated rings. The van der Waals surface area contributed by atoms with Crippen molar-refractivity contribution >= 4 is 28.4 Å². The Hall–Kier alpha value is -4.87. The van der Waals surface area contributed by atoms with Gasteiger partial charge < -0.3 is 19.9 Å². The van der Waals surface area contributed by atoms with Crippen LogP contribution in [0.15, 0.2) is 77.6 Å². The standard InChI is InChI=1S/C27H22F3N5O4/c28-27(29,30)18-6-4-7-19(16-18)31-26(38)35-13-11-34(12-14-35)25(37)17-5-3-8-20(15-17)39-24-22-10-2-1-9-21(22)23(36)32-33-24/h1-10,15-16H,11-14H2,(H,31,38)(H,32,36). The smallest absolute Gasteiger partial charge is 0.416 e. The quantitative estimate of drug-likeness (QED) is 0.392. The van der Waals surface area contributed by atoms with E-state index in [1.54, 1.807) is 53.4 Å². The van der Waals surface area contributed by atoms with E-state index in [-0.39, 0.29) is 49.2 Å². The third-order valence-electron chi connectivity index (χ3n) is 6.25. The van der Waals surface area contributed by atoms with Gasteiger partial charge in [0.1, 0.15) is 5.75 Å². The fourth-order valence-electron chi connectivity index (χ4n) is 4.24. The zero-order valence-electron chi connectivity index (χ0n) is 20.4. The summed E-state index contributed by atoms with van der Waals surface area (Å²) in [4.78, 5) is 40.8. The molecule has 1 aliphatic heterocycles. The number of piperazine rings is 1. The van der Waals surface area contributed by atoms with Gasteiger partial charge in [-0.25, -0.2) is 9.89 Å². The van der Waals surface area contributed by atoms with Crippen molar-refractivity contribution in [2.24, 2.45) is 0 Å². The topological polar surface area (TPSA) is 108 Å². The zero-order valence-corrected chi connectivity index (χ0v) is 20.4. The summed E-state index contributed by atoms with van der Waals surface area (Å²) in [6, 6.07) is 17.3. The van der Waals surface area contributed by atoms with Gasteiger partial charge in [0, 0.05) is 37.4 Å². The van der Waals surface area contributed by atoms with Crippen LogP contribution in [0, 0.1) is 0 Å². The summed E-state index contributed by atoms with van der Waals surface area (Å²) < 4.78 is 44.7. The molecule has 5 rings (SSSR count). The van der Waals surface area contributed by atoms with Crippen LogP contribution in [0.3, 0.4) is 0 Å². The highest BCUT2D eigenvalue weighted by atomic mass is 19.4. The number of nitrogens with one attached hydrogen (secondary N) is 2. The van der Waals surface area contributed by atoms with E-state index in [2.05, 4.69) is 15.5 Å². The maximum atomic E-state index is 13.1. The molecule has 2 heterocycles. The van der Waals surface area contributed by atoms with Gasteiger partial charge in [0.25, 0.3) is 11.5 Å². The Labute approximate surface area is 219 Å². The van der Waals surface area contributed by atoms with Crippen molar-refractivity contribution in [1.29, 1.82) is 0 Å². The summed E-state index contributed by atoms with van der Waals surface area (Å²) in [6.07, 6.45) is -4.51. The zero-order chi connectivity index (χ0) is 27.6. The third kappa shape index (κ3) is 5.69. The van der Waals surface area contributed by atoms with Crippen LogP contribution in [0.2, 0.25) is 0 Å². The molecule has 39 heavy (non-hydrogen) atoms. The molecule has 12 heteroatoms. The van der Waals surface area contributed by atoms with E-state index >= 15 is 0 Å². The monoisotopic (exact) mass is 537 g/mol. The molecule has 1 aromatic heterocycles. The Morgan fingerprint density at radius 2 is 1.56 bits per heavy atom. The van der Waals surface area contributed by atoms with Crippen LogP contribution in [0.1, 0.15) is 15.9 Å². The molecule has 2 N–H and O–H groups in total. The second-order valence-corrected chi connectivity index (χ2v) is 8.82. The van der Waals surface area contributed by atoms with Crippen LogP contribution >= 0.6 is 0 Å². The maximum Gasteiger partial charge on any atom is 0.416 e. The van der Waals surface area contributed by atoms with Gasteiger partial charge in [0.15, 0.2) is 0 Å². The molecule has 0 saturated carbocycles. The highest BCUT2D eigenvalue weighted by Gasteiger charge is 2.31. The molecule has 0 atom stereocenters. The van der Waals surface area contributed by atoms with Gasteiger partial charge in [-0.05, 0) is 48.5 Å². The Kier molecular flexibility index (Phi) is 6.92. The lowest BCUT2D eigenvalue weighted by molar-refractivity contribution is -0.137. The van der Waals surface area contributed by atoms with Crippen molar-refractivity contribution in [3.8, 4) is 11.6 Å². The molecular formula is C27H22F3N5O4. The van der Waals surface area contributed by atoms with Crippen LogP contribution in [-0.4, -0.2) is 58.1 Å². The average molecular weight is 537 g/mol. The molecule has 0 spiro atoms. The predicted octanol–water partition coefficient (Wildman–Crippen LogP) is 4.72. The summed E-state index contributed by atoms with van der Waals surface area (Å²) in [7, 11) is 0. The molecule has 0 unspecified atom stereocenters. The Balaban J connectivity index is 1.21. The van der Waals surface area contributed by atoms with Gasteiger partial charge in [-0.1, -0.05) is 24.3 Å². The SMILES string of the molecule is O=C(Nc1cccc(C(F)(F)F)c1)N1CCN(C(=O)c2cccc(Oc3n[nH]c(=O)c4ccccc34)c2)CC1. The Morgan fingerprint density at radius 3 is 2.31 bits per heavy atom. The van der Waals surface area contributed by atoms with Crippen LogP contribution in [0.5, 0.6) is 11.6 Å². The summed E-state index contributed by atoms with van der Waals surface area (Å²) in [6.45, 7) is 0.901. The number of hydrogen-bond donors (Lipinski definition) is 2. The maximum absolute atomic E-state index is 13.1.